The fourth-order valence-corrected chi connectivity index (χ4v) is 3.18. The molecule has 0 unspecified atom stereocenters. The molecule has 1 aliphatic carbocycles. The van der Waals surface area contributed by atoms with Crippen molar-refractivity contribution >= 4 is 12.1 Å². The molecule has 2 fully saturated rings. The molecule has 1 saturated heterocycles. The van der Waals surface area contributed by atoms with Crippen molar-refractivity contribution in [3.63, 3.8) is 0 Å². The predicted molar refractivity (Wildman–Crippen MR) is 84.2 cm³/mol. The van der Waals surface area contributed by atoms with Gasteiger partial charge in [-0.05, 0) is 31.4 Å². The molecular formula is C17H20N4O. The van der Waals surface area contributed by atoms with Crippen LogP contribution in [0.4, 0.5) is 5.82 Å². The summed E-state index contributed by atoms with van der Waals surface area (Å²) in [6, 6.07) is 6.05. The quantitative estimate of drug-likeness (QED) is 0.794. The van der Waals surface area contributed by atoms with Gasteiger partial charge in [0.15, 0.2) is 6.29 Å². The topological polar surface area (TPSA) is 51.0 Å². The average Bonchev–Trinajstić information content (AvgIpc) is 3.19. The summed E-state index contributed by atoms with van der Waals surface area (Å²) in [6.07, 6.45) is 6.42. The normalized spacial score (nSPS) is 18.3. The molecule has 0 amide bonds. The van der Waals surface area contributed by atoms with E-state index in [1.54, 1.807) is 0 Å². The van der Waals surface area contributed by atoms with Gasteiger partial charge in [0.25, 0.3) is 0 Å². The van der Waals surface area contributed by atoms with Gasteiger partial charge in [-0.25, -0.2) is 4.98 Å². The highest BCUT2D eigenvalue weighted by Crippen LogP contribution is 2.53. The Bertz CT molecular complexity index is 709. The molecule has 1 aliphatic heterocycles. The summed E-state index contributed by atoms with van der Waals surface area (Å²) in [4.78, 5) is 18.2. The lowest BCUT2D eigenvalue weighted by Gasteiger charge is -2.41. The van der Waals surface area contributed by atoms with Crippen molar-refractivity contribution in [1.82, 2.24) is 14.8 Å². The molecule has 22 heavy (non-hydrogen) atoms. The van der Waals surface area contributed by atoms with Crippen molar-refractivity contribution in [2.45, 2.75) is 32.7 Å². The fourth-order valence-electron chi connectivity index (χ4n) is 3.18. The van der Waals surface area contributed by atoms with Crippen molar-refractivity contribution < 1.29 is 4.79 Å². The van der Waals surface area contributed by atoms with E-state index in [1.807, 2.05) is 29.1 Å². The molecule has 2 aromatic heterocycles. The molecular weight excluding hydrogens is 276 g/mol. The Kier molecular flexibility index (Phi) is 3.03. The van der Waals surface area contributed by atoms with Crippen LogP contribution in [0.5, 0.6) is 0 Å². The van der Waals surface area contributed by atoms with Crippen molar-refractivity contribution in [2.75, 3.05) is 18.0 Å². The van der Waals surface area contributed by atoms with Gasteiger partial charge >= 0.3 is 0 Å². The summed E-state index contributed by atoms with van der Waals surface area (Å²) in [5, 5.41) is 4.47. The van der Waals surface area contributed by atoms with Crippen molar-refractivity contribution in [3.05, 3.63) is 41.3 Å². The summed E-state index contributed by atoms with van der Waals surface area (Å²) < 4.78 is 1.87. The van der Waals surface area contributed by atoms with Crippen LogP contribution in [0.1, 0.15) is 41.5 Å². The lowest BCUT2D eigenvalue weighted by Crippen LogP contribution is -2.48. The first kappa shape index (κ1) is 13.5. The Morgan fingerprint density at radius 3 is 2.73 bits per heavy atom. The van der Waals surface area contributed by atoms with E-state index in [4.69, 9.17) is 0 Å². The Balaban J connectivity index is 1.53. The zero-order valence-electron chi connectivity index (χ0n) is 12.8. The number of nitrogens with zero attached hydrogens (tertiary/aromatic N) is 4. The Morgan fingerprint density at radius 1 is 1.27 bits per heavy atom. The van der Waals surface area contributed by atoms with Gasteiger partial charge in [-0.15, -0.1) is 0 Å². The number of anilines is 1. The number of hydrogen-bond acceptors (Lipinski definition) is 4. The molecule has 2 aliphatic rings. The van der Waals surface area contributed by atoms with E-state index in [-0.39, 0.29) is 0 Å². The highest BCUT2D eigenvalue weighted by molar-refractivity contribution is 5.75. The molecule has 0 aromatic carbocycles. The lowest BCUT2D eigenvalue weighted by atomic mass is 9.97. The van der Waals surface area contributed by atoms with Crippen LogP contribution in [0, 0.1) is 5.41 Å². The third-order valence-electron chi connectivity index (χ3n) is 4.83. The van der Waals surface area contributed by atoms with E-state index >= 15 is 0 Å². The first-order valence-electron chi connectivity index (χ1n) is 7.94. The predicted octanol–water partition coefficient (Wildman–Crippen LogP) is 2.30. The Hall–Kier alpha value is -2.17. The van der Waals surface area contributed by atoms with Crippen LogP contribution < -0.4 is 4.90 Å². The molecule has 2 aromatic rings. The fraction of sp³-hybridized carbons (Fsp3) is 0.471. The van der Waals surface area contributed by atoms with Gasteiger partial charge in [0.05, 0.1) is 12.2 Å². The standard InChI is InChI=1S/C17H20N4O/c1-2-14-5-8-21(19-14)9-13-3-4-16(18-15(13)10-22)20-11-17(12-20)6-7-17/h3-5,8,10H,2,6-7,9,11-12H2,1H3. The van der Waals surface area contributed by atoms with Gasteiger partial charge in [-0.3, -0.25) is 9.48 Å². The summed E-state index contributed by atoms with van der Waals surface area (Å²) in [6.45, 7) is 4.86. The van der Waals surface area contributed by atoms with E-state index in [1.165, 1.54) is 12.8 Å². The van der Waals surface area contributed by atoms with Gasteiger partial charge in [-0.2, -0.15) is 5.10 Å². The summed E-state index contributed by atoms with van der Waals surface area (Å²) in [5.41, 5.74) is 3.11. The number of carbonyl (C=O) groups is 1. The third kappa shape index (κ3) is 2.30. The second kappa shape index (κ2) is 4.93. The molecule has 5 heteroatoms. The summed E-state index contributed by atoms with van der Waals surface area (Å²) in [7, 11) is 0. The summed E-state index contributed by atoms with van der Waals surface area (Å²) in [5.74, 6) is 0.929. The number of pyridine rings is 1. The van der Waals surface area contributed by atoms with E-state index in [9.17, 15) is 4.79 Å². The minimum Gasteiger partial charge on any atom is -0.355 e. The number of carbonyl (C=O) groups excluding carboxylic acids is 1. The highest BCUT2D eigenvalue weighted by atomic mass is 16.1. The first-order chi connectivity index (χ1) is 10.7. The van der Waals surface area contributed by atoms with E-state index in [0.29, 0.717) is 17.7 Å². The molecule has 4 rings (SSSR count). The number of aromatic nitrogens is 3. The Morgan fingerprint density at radius 2 is 2.09 bits per heavy atom. The van der Waals surface area contributed by atoms with Crippen LogP contribution in [-0.2, 0) is 13.0 Å². The van der Waals surface area contributed by atoms with Gasteiger partial charge in [-0.1, -0.05) is 13.0 Å². The van der Waals surface area contributed by atoms with Crippen molar-refractivity contribution in [2.24, 2.45) is 5.41 Å². The van der Waals surface area contributed by atoms with Crippen LogP contribution in [0.25, 0.3) is 0 Å². The Labute approximate surface area is 130 Å². The smallest absolute Gasteiger partial charge is 0.168 e. The van der Waals surface area contributed by atoms with Crippen LogP contribution >= 0.6 is 0 Å². The van der Waals surface area contributed by atoms with Gasteiger partial charge in [0.1, 0.15) is 11.5 Å². The van der Waals surface area contributed by atoms with Crippen LogP contribution in [0.3, 0.4) is 0 Å². The van der Waals surface area contributed by atoms with Gasteiger partial charge in [0, 0.05) is 30.3 Å². The SMILES string of the molecule is CCc1ccn(Cc2ccc(N3CC4(CC4)C3)nc2C=O)n1. The number of aldehydes is 1. The number of aryl methyl sites for hydroxylation is 1. The van der Waals surface area contributed by atoms with E-state index < -0.39 is 0 Å². The van der Waals surface area contributed by atoms with E-state index in [0.717, 1.165) is 42.9 Å². The maximum absolute atomic E-state index is 11.4. The third-order valence-corrected chi connectivity index (χ3v) is 4.83. The number of rotatable bonds is 5. The van der Waals surface area contributed by atoms with Crippen molar-refractivity contribution in [3.8, 4) is 0 Å². The van der Waals surface area contributed by atoms with E-state index in [2.05, 4.69) is 21.9 Å². The van der Waals surface area contributed by atoms with Crippen LogP contribution in [-0.4, -0.2) is 34.1 Å². The second-order valence-corrected chi connectivity index (χ2v) is 6.55. The maximum atomic E-state index is 11.4. The van der Waals surface area contributed by atoms with Crippen LogP contribution in [0.15, 0.2) is 24.4 Å². The maximum Gasteiger partial charge on any atom is 0.168 e. The zero-order valence-corrected chi connectivity index (χ0v) is 12.8. The van der Waals surface area contributed by atoms with Crippen LogP contribution in [0.2, 0.25) is 0 Å². The number of hydrogen-bond donors (Lipinski definition) is 0. The minimum absolute atomic E-state index is 0.530. The average molecular weight is 296 g/mol. The molecule has 1 saturated carbocycles. The molecule has 0 N–H and O–H groups in total. The zero-order chi connectivity index (χ0) is 15.2. The molecule has 1 spiro atoms. The first-order valence-corrected chi connectivity index (χ1v) is 7.94. The minimum atomic E-state index is 0.530. The summed E-state index contributed by atoms with van der Waals surface area (Å²) >= 11 is 0. The van der Waals surface area contributed by atoms with Gasteiger partial charge < -0.3 is 4.90 Å². The second-order valence-electron chi connectivity index (χ2n) is 6.55. The lowest BCUT2D eigenvalue weighted by molar-refractivity contribution is 0.111. The molecule has 0 atom stereocenters. The monoisotopic (exact) mass is 296 g/mol. The van der Waals surface area contributed by atoms with Crippen molar-refractivity contribution in [1.29, 1.82) is 0 Å². The molecule has 0 radical (unpaired) electrons. The largest absolute Gasteiger partial charge is 0.355 e. The molecule has 3 heterocycles. The molecule has 114 valence electrons. The highest BCUT2D eigenvalue weighted by Gasteiger charge is 2.52. The molecule has 5 nitrogen and oxygen atoms in total. The molecule has 0 bridgehead atoms. The van der Waals surface area contributed by atoms with Gasteiger partial charge in [0.2, 0.25) is 0 Å².